The van der Waals surface area contributed by atoms with Crippen molar-refractivity contribution in [3.8, 4) is 0 Å². The number of carbonyl (C=O) groups excluding carboxylic acids is 1. The van der Waals surface area contributed by atoms with E-state index in [-0.39, 0.29) is 5.39 Å². The van der Waals surface area contributed by atoms with Gasteiger partial charge >= 0.3 is 6.18 Å². The maximum atomic E-state index is 12.8. The van der Waals surface area contributed by atoms with Crippen molar-refractivity contribution in [2.24, 2.45) is 5.73 Å². The molecule has 0 aliphatic carbocycles. The van der Waals surface area contributed by atoms with Crippen LogP contribution in [0.25, 0.3) is 10.1 Å². The van der Waals surface area contributed by atoms with E-state index in [9.17, 15) is 18.0 Å². The molecule has 1 heterocycles. The Morgan fingerprint density at radius 1 is 1.25 bits per heavy atom. The SMILES string of the molecule is NC(=O)c1sc2ccccc2c1C(F)(F)F. The quantitative estimate of drug-likeness (QED) is 0.824. The van der Waals surface area contributed by atoms with Gasteiger partial charge in [-0.15, -0.1) is 11.3 Å². The van der Waals surface area contributed by atoms with Crippen LogP contribution >= 0.6 is 11.3 Å². The minimum absolute atomic E-state index is 0.0220. The molecule has 1 aromatic carbocycles. The number of hydrogen-bond acceptors (Lipinski definition) is 2. The molecule has 1 amide bonds. The molecule has 6 heteroatoms. The first-order chi connectivity index (χ1) is 7.41. The second kappa shape index (κ2) is 3.48. The van der Waals surface area contributed by atoms with E-state index >= 15 is 0 Å². The van der Waals surface area contributed by atoms with Crippen LogP contribution in [0, 0.1) is 0 Å². The van der Waals surface area contributed by atoms with Crippen molar-refractivity contribution in [2.75, 3.05) is 0 Å². The van der Waals surface area contributed by atoms with E-state index in [4.69, 9.17) is 5.73 Å². The average molecular weight is 245 g/mol. The van der Waals surface area contributed by atoms with Gasteiger partial charge in [0.2, 0.25) is 0 Å². The van der Waals surface area contributed by atoms with Gasteiger partial charge in [0.15, 0.2) is 0 Å². The fraction of sp³-hybridized carbons (Fsp3) is 0.100. The monoisotopic (exact) mass is 245 g/mol. The first-order valence-corrected chi connectivity index (χ1v) is 5.11. The normalized spacial score (nSPS) is 11.9. The molecule has 1 aromatic heterocycles. The number of primary amides is 1. The van der Waals surface area contributed by atoms with Crippen LogP contribution < -0.4 is 5.73 Å². The van der Waals surface area contributed by atoms with Crippen LogP contribution in [0.15, 0.2) is 24.3 Å². The van der Waals surface area contributed by atoms with E-state index in [0.29, 0.717) is 4.70 Å². The zero-order valence-corrected chi connectivity index (χ0v) is 8.65. The molecule has 0 fully saturated rings. The number of benzene rings is 1. The highest BCUT2D eigenvalue weighted by molar-refractivity contribution is 7.21. The Morgan fingerprint density at radius 2 is 1.88 bits per heavy atom. The molecule has 0 spiro atoms. The predicted octanol–water partition coefficient (Wildman–Crippen LogP) is 3.02. The molecule has 84 valence electrons. The third kappa shape index (κ3) is 1.65. The molecule has 0 atom stereocenters. The highest BCUT2D eigenvalue weighted by Gasteiger charge is 2.38. The van der Waals surface area contributed by atoms with Crippen LogP contribution in [0.1, 0.15) is 15.2 Å². The summed E-state index contributed by atoms with van der Waals surface area (Å²) in [7, 11) is 0. The van der Waals surface area contributed by atoms with Gasteiger partial charge in [-0.3, -0.25) is 4.79 Å². The number of amides is 1. The van der Waals surface area contributed by atoms with E-state index in [2.05, 4.69) is 0 Å². The van der Waals surface area contributed by atoms with Crippen molar-refractivity contribution in [3.63, 3.8) is 0 Å². The van der Waals surface area contributed by atoms with Crippen LogP contribution in [0.2, 0.25) is 0 Å². The molecule has 0 aliphatic rings. The van der Waals surface area contributed by atoms with Gasteiger partial charge < -0.3 is 5.73 Å². The molecule has 2 aromatic rings. The lowest BCUT2D eigenvalue weighted by Crippen LogP contribution is -2.16. The molecule has 2 nitrogen and oxygen atoms in total. The van der Waals surface area contributed by atoms with E-state index < -0.39 is 22.5 Å². The summed E-state index contributed by atoms with van der Waals surface area (Å²) in [5, 5.41) is 0.0220. The van der Waals surface area contributed by atoms with Crippen LogP contribution in [-0.4, -0.2) is 5.91 Å². The fourth-order valence-corrected chi connectivity index (χ4v) is 2.58. The van der Waals surface area contributed by atoms with Crippen LogP contribution in [-0.2, 0) is 6.18 Å². The zero-order valence-electron chi connectivity index (χ0n) is 7.84. The van der Waals surface area contributed by atoms with Gasteiger partial charge in [-0.1, -0.05) is 18.2 Å². The van der Waals surface area contributed by atoms with E-state index in [0.717, 1.165) is 11.3 Å². The zero-order chi connectivity index (χ0) is 11.9. The molecule has 0 saturated carbocycles. The van der Waals surface area contributed by atoms with Crippen molar-refractivity contribution in [1.29, 1.82) is 0 Å². The Kier molecular flexibility index (Phi) is 2.38. The third-order valence-electron chi connectivity index (χ3n) is 2.10. The summed E-state index contributed by atoms with van der Waals surface area (Å²) in [4.78, 5) is 10.5. The molecular weight excluding hydrogens is 239 g/mol. The molecule has 0 saturated heterocycles. The summed E-state index contributed by atoms with van der Waals surface area (Å²) >= 11 is 0.764. The summed E-state index contributed by atoms with van der Waals surface area (Å²) in [6, 6.07) is 5.97. The molecule has 0 aliphatic heterocycles. The molecule has 2 rings (SSSR count). The van der Waals surface area contributed by atoms with Crippen molar-refractivity contribution < 1.29 is 18.0 Å². The Balaban J connectivity index is 2.85. The Hall–Kier alpha value is -1.56. The lowest BCUT2D eigenvalue weighted by Gasteiger charge is -2.06. The lowest BCUT2D eigenvalue weighted by molar-refractivity contribution is -0.136. The molecule has 2 N–H and O–H groups in total. The second-order valence-electron chi connectivity index (χ2n) is 3.16. The molecule has 16 heavy (non-hydrogen) atoms. The summed E-state index contributed by atoms with van der Waals surface area (Å²) in [5.41, 5.74) is 4.02. The number of halogens is 3. The first kappa shape index (κ1) is 10.9. The van der Waals surface area contributed by atoms with E-state index in [1.165, 1.54) is 18.2 Å². The number of alkyl halides is 3. The molecular formula is C10H6F3NOS. The van der Waals surface area contributed by atoms with Crippen LogP contribution in [0.5, 0.6) is 0 Å². The van der Waals surface area contributed by atoms with Gasteiger partial charge in [-0.05, 0) is 6.07 Å². The Labute approximate surface area is 92.5 Å². The van der Waals surface area contributed by atoms with Crippen molar-refractivity contribution in [2.45, 2.75) is 6.18 Å². The minimum atomic E-state index is -4.57. The van der Waals surface area contributed by atoms with Crippen molar-refractivity contribution >= 4 is 27.3 Å². The highest BCUT2D eigenvalue weighted by Crippen LogP contribution is 2.41. The van der Waals surface area contributed by atoms with Crippen molar-refractivity contribution in [1.82, 2.24) is 0 Å². The number of fused-ring (bicyclic) bond motifs is 1. The maximum Gasteiger partial charge on any atom is 0.418 e. The smallest absolute Gasteiger partial charge is 0.365 e. The van der Waals surface area contributed by atoms with Gasteiger partial charge in [0.25, 0.3) is 5.91 Å². The highest BCUT2D eigenvalue weighted by atomic mass is 32.1. The predicted molar refractivity (Wildman–Crippen MR) is 55.3 cm³/mol. The number of hydrogen-bond donors (Lipinski definition) is 1. The van der Waals surface area contributed by atoms with Crippen LogP contribution in [0.3, 0.4) is 0 Å². The molecule has 0 bridgehead atoms. The number of rotatable bonds is 1. The number of thiophene rings is 1. The summed E-state index contributed by atoms with van der Waals surface area (Å²) < 4.78 is 38.7. The molecule has 0 unspecified atom stereocenters. The van der Waals surface area contributed by atoms with Gasteiger partial charge in [0.05, 0.1) is 5.56 Å². The van der Waals surface area contributed by atoms with Crippen LogP contribution in [0.4, 0.5) is 13.2 Å². The lowest BCUT2D eigenvalue weighted by atomic mass is 10.1. The third-order valence-corrected chi connectivity index (χ3v) is 3.29. The van der Waals surface area contributed by atoms with E-state index in [1.54, 1.807) is 6.07 Å². The maximum absolute atomic E-state index is 12.8. The van der Waals surface area contributed by atoms with Gasteiger partial charge in [0.1, 0.15) is 4.88 Å². The summed E-state index contributed by atoms with van der Waals surface area (Å²) in [6.45, 7) is 0. The number of nitrogens with two attached hydrogens (primary N) is 1. The summed E-state index contributed by atoms with van der Waals surface area (Å²) in [5.74, 6) is -1.05. The van der Waals surface area contributed by atoms with E-state index in [1.807, 2.05) is 0 Å². The van der Waals surface area contributed by atoms with Gasteiger partial charge in [-0.2, -0.15) is 13.2 Å². The Morgan fingerprint density at radius 3 is 2.44 bits per heavy atom. The summed E-state index contributed by atoms with van der Waals surface area (Å²) in [6.07, 6.45) is -4.57. The van der Waals surface area contributed by atoms with Gasteiger partial charge in [-0.25, -0.2) is 0 Å². The molecule has 0 radical (unpaired) electrons. The first-order valence-electron chi connectivity index (χ1n) is 4.30. The Bertz CT molecular complexity index is 559. The standard InChI is InChI=1S/C10H6F3NOS/c11-10(12,13)7-5-3-1-2-4-6(5)16-8(7)9(14)15/h1-4H,(H2,14,15). The second-order valence-corrected chi connectivity index (χ2v) is 4.22. The fourth-order valence-electron chi connectivity index (χ4n) is 1.50. The van der Waals surface area contributed by atoms with Crippen molar-refractivity contribution in [3.05, 3.63) is 34.7 Å². The number of carbonyl (C=O) groups is 1. The average Bonchev–Trinajstić information content (AvgIpc) is 2.55. The van der Waals surface area contributed by atoms with Gasteiger partial charge in [0, 0.05) is 10.1 Å². The largest absolute Gasteiger partial charge is 0.418 e. The minimum Gasteiger partial charge on any atom is -0.365 e. The topological polar surface area (TPSA) is 43.1 Å².